The molecule has 160 valence electrons. The van der Waals surface area contributed by atoms with Crippen molar-refractivity contribution < 1.29 is 14.3 Å². The number of imidazole rings is 1. The monoisotopic (exact) mass is 420 g/mol. The molecule has 3 heterocycles. The van der Waals surface area contributed by atoms with Gasteiger partial charge in [0.2, 0.25) is 0 Å². The Morgan fingerprint density at radius 3 is 2.72 bits per heavy atom. The SMILES string of the molecule is CN(C)C=Nc1ncnc2c1ncn2C1CC(O)C(CO[Si](C)(C)C(C)(C)C)O1. The van der Waals surface area contributed by atoms with E-state index in [9.17, 15) is 5.11 Å². The fourth-order valence-corrected chi connectivity index (χ4v) is 3.87. The molecule has 3 rings (SSSR count). The van der Waals surface area contributed by atoms with Crippen molar-refractivity contribution in [1.82, 2.24) is 24.4 Å². The molecule has 10 heteroatoms. The van der Waals surface area contributed by atoms with Crippen LogP contribution in [0.1, 0.15) is 33.4 Å². The Labute approximate surface area is 172 Å². The van der Waals surface area contributed by atoms with Crippen LogP contribution < -0.4 is 0 Å². The molecule has 1 aliphatic rings. The Bertz CT molecular complexity index is 876. The van der Waals surface area contributed by atoms with E-state index in [-0.39, 0.29) is 17.4 Å². The Morgan fingerprint density at radius 2 is 2.07 bits per heavy atom. The molecule has 0 radical (unpaired) electrons. The van der Waals surface area contributed by atoms with E-state index in [4.69, 9.17) is 9.16 Å². The summed E-state index contributed by atoms with van der Waals surface area (Å²) in [4.78, 5) is 19.2. The van der Waals surface area contributed by atoms with Crippen molar-refractivity contribution in [3.05, 3.63) is 12.7 Å². The summed E-state index contributed by atoms with van der Waals surface area (Å²) in [6.45, 7) is 11.4. The van der Waals surface area contributed by atoms with Gasteiger partial charge in [-0.15, -0.1) is 0 Å². The van der Waals surface area contributed by atoms with Crippen LogP contribution >= 0.6 is 0 Å². The van der Waals surface area contributed by atoms with Gasteiger partial charge in [0, 0.05) is 20.5 Å². The highest BCUT2D eigenvalue weighted by molar-refractivity contribution is 6.74. The molecule has 1 saturated heterocycles. The van der Waals surface area contributed by atoms with Gasteiger partial charge in [0.05, 0.1) is 25.4 Å². The summed E-state index contributed by atoms with van der Waals surface area (Å²) >= 11 is 0. The van der Waals surface area contributed by atoms with Crippen LogP contribution in [0.5, 0.6) is 0 Å². The van der Waals surface area contributed by atoms with Crippen molar-refractivity contribution in [3.63, 3.8) is 0 Å². The van der Waals surface area contributed by atoms with E-state index in [1.165, 1.54) is 6.33 Å². The number of aliphatic hydroxyl groups is 1. The average molecular weight is 421 g/mol. The number of rotatable bonds is 6. The van der Waals surface area contributed by atoms with Crippen LogP contribution in [0, 0.1) is 0 Å². The summed E-state index contributed by atoms with van der Waals surface area (Å²) in [6, 6.07) is 0. The first-order valence-electron chi connectivity index (χ1n) is 9.85. The minimum Gasteiger partial charge on any atom is -0.414 e. The summed E-state index contributed by atoms with van der Waals surface area (Å²) in [6.07, 6.45) is 3.93. The van der Waals surface area contributed by atoms with Crippen molar-refractivity contribution in [2.45, 2.75) is 63.8 Å². The molecule has 0 saturated carbocycles. The topological polar surface area (TPSA) is 97.9 Å². The van der Waals surface area contributed by atoms with Crippen molar-refractivity contribution in [3.8, 4) is 0 Å². The fourth-order valence-electron chi connectivity index (χ4n) is 2.86. The number of fused-ring (bicyclic) bond motifs is 1. The highest BCUT2D eigenvalue weighted by atomic mass is 28.4. The Kier molecular flexibility index (Phi) is 6.09. The lowest BCUT2D eigenvalue weighted by molar-refractivity contribution is -0.0405. The zero-order valence-electron chi connectivity index (χ0n) is 18.3. The van der Waals surface area contributed by atoms with E-state index < -0.39 is 14.4 Å². The smallest absolute Gasteiger partial charge is 0.192 e. The summed E-state index contributed by atoms with van der Waals surface area (Å²) in [5.41, 5.74) is 1.23. The van der Waals surface area contributed by atoms with Crippen LogP contribution in [-0.2, 0) is 9.16 Å². The molecular weight excluding hydrogens is 388 g/mol. The van der Waals surface area contributed by atoms with E-state index >= 15 is 0 Å². The average Bonchev–Trinajstić information content (AvgIpc) is 3.20. The number of nitrogens with zero attached hydrogens (tertiary/aromatic N) is 6. The molecule has 0 amide bonds. The van der Waals surface area contributed by atoms with Crippen LogP contribution in [-0.4, -0.2) is 77.1 Å². The minimum absolute atomic E-state index is 0.108. The Morgan fingerprint density at radius 1 is 1.34 bits per heavy atom. The zero-order valence-corrected chi connectivity index (χ0v) is 19.3. The molecule has 0 aromatic carbocycles. The van der Waals surface area contributed by atoms with Gasteiger partial charge in [0.15, 0.2) is 25.3 Å². The normalized spacial score (nSPS) is 23.4. The van der Waals surface area contributed by atoms with Crippen molar-refractivity contribution in [1.29, 1.82) is 0 Å². The second-order valence-corrected chi connectivity index (χ2v) is 14.0. The number of hydrogen-bond acceptors (Lipinski definition) is 7. The van der Waals surface area contributed by atoms with Crippen molar-refractivity contribution >= 4 is 31.6 Å². The van der Waals surface area contributed by atoms with Crippen molar-refractivity contribution in [2.24, 2.45) is 4.99 Å². The highest BCUT2D eigenvalue weighted by Crippen LogP contribution is 2.38. The van der Waals surface area contributed by atoms with E-state index in [1.807, 2.05) is 23.6 Å². The summed E-state index contributed by atoms with van der Waals surface area (Å²) in [7, 11) is 1.87. The highest BCUT2D eigenvalue weighted by Gasteiger charge is 2.41. The van der Waals surface area contributed by atoms with E-state index in [2.05, 4.69) is 53.8 Å². The molecule has 1 N–H and O–H groups in total. The molecule has 1 aliphatic heterocycles. The van der Waals surface area contributed by atoms with Gasteiger partial charge in [0.25, 0.3) is 0 Å². The molecule has 2 aromatic rings. The predicted molar refractivity (Wildman–Crippen MR) is 115 cm³/mol. The Balaban J connectivity index is 1.76. The van der Waals surface area contributed by atoms with E-state index in [0.717, 1.165) is 0 Å². The molecular formula is C19H32N6O3Si. The first-order valence-corrected chi connectivity index (χ1v) is 12.8. The maximum atomic E-state index is 10.5. The van der Waals surface area contributed by atoms with Gasteiger partial charge in [-0.25, -0.2) is 19.9 Å². The third kappa shape index (κ3) is 4.66. The van der Waals surface area contributed by atoms with Gasteiger partial charge in [-0.2, -0.15) is 0 Å². The summed E-state index contributed by atoms with van der Waals surface area (Å²) < 4.78 is 14.2. The van der Waals surface area contributed by atoms with Crippen LogP contribution in [0.4, 0.5) is 5.82 Å². The number of hydrogen-bond donors (Lipinski definition) is 1. The predicted octanol–water partition coefficient (Wildman–Crippen LogP) is 2.72. The summed E-state index contributed by atoms with van der Waals surface area (Å²) in [5, 5.41) is 10.7. The van der Waals surface area contributed by atoms with Crippen LogP contribution in [0.25, 0.3) is 11.2 Å². The fraction of sp³-hybridized carbons (Fsp3) is 0.684. The lowest BCUT2D eigenvalue weighted by Crippen LogP contribution is -2.43. The molecule has 2 aromatic heterocycles. The molecule has 1 fully saturated rings. The lowest BCUT2D eigenvalue weighted by atomic mass is 10.2. The van der Waals surface area contributed by atoms with Gasteiger partial charge in [-0.3, -0.25) is 4.57 Å². The molecule has 9 nitrogen and oxygen atoms in total. The second-order valence-electron chi connectivity index (χ2n) is 9.23. The maximum Gasteiger partial charge on any atom is 0.192 e. The van der Waals surface area contributed by atoms with Gasteiger partial charge >= 0.3 is 0 Å². The van der Waals surface area contributed by atoms with Crippen molar-refractivity contribution in [2.75, 3.05) is 20.7 Å². The molecule has 3 unspecified atom stereocenters. The van der Waals surface area contributed by atoms with Crippen LogP contribution in [0.15, 0.2) is 17.6 Å². The lowest BCUT2D eigenvalue weighted by Gasteiger charge is -2.37. The largest absolute Gasteiger partial charge is 0.414 e. The van der Waals surface area contributed by atoms with E-state index in [0.29, 0.717) is 30.0 Å². The first kappa shape index (κ1) is 21.8. The molecule has 3 atom stereocenters. The number of aliphatic imine (C=N–C) groups is 1. The van der Waals surface area contributed by atoms with Gasteiger partial charge < -0.3 is 19.2 Å². The number of ether oxygens (including phenoxy) is 1. The number of aliphatic hydroxyl groups excluding tert-OH is 1. The maximum absolute atomic E-state index is 10.5. The first-order chi connectivity index (χ1) is 13.5. The minimum atomic E-state index is -1.91. The van der Waals surface area contributed by atoms with Gasteiger partial charge in [0.1, 0.15) is 18.7 Å². The van der Waals surface area contributed by atoms with Gasteiger partial charge in [-0.05, 0) is 18.1 Å². The van der Waals surface area contributed by atoms with Crippen LogP contribution in [0.3, 0.4) is 0 Å². The van der Waals surface area contributed by atoms with Crippen LogP contribution in [0.2, 0.25) is 18.1 Å². The number of aromatic nitrogens is 4. The quantitative estimate of drug-likeness (QED) is 0.436. The zero-order chi connectivity index (χ0) is 21.4. The van der Waals surface area contributed by atoms with Gasteiger partial charge in [-0.1, -0.05) is 20.8 Å². The second kappa shape index (κ2) is 8.09. The molecule has 0 aliphatic carbocycles. The Hall–Kier alpha value is -1.88. The summed E-state index contributed by atoms with van der Waals surface area (Å²) in [5.74, 6) is 0.499. The third-order valence-electron chi connectivity index (χ3n) is 5.68. The molecule has 29 heavy (non-hydrogen) atoms. The third-order valence-corrected chi connectivity index (χ3v) is 10.2. The van der Waals surface area contributed by atoms with E-state index in [1.54, 1.807) is 12.7 Å². The molecule has 0 spiro atoms. The standard InChI is InChI=1S/C19H32N6O3Si/c1-19(2,3)29(6,7)27-9-14-13(26)8-15(28-14)25-12-22-16-17(23-11-24(4)5)20-10-21-18(16)25/h10-15,26H,8-9H2,1-7H3. The molecule has 0 bridgehead atoms.